The van der Waals surface area contributed by atoms with Crippen molar-refractivity contribution >= 4 is 25.3 Å². The van der Waals surface area contributed by atoms with Crippen molar-refractivity contribution in [3.8, 4) is 0 Å². The summed E-state index contributed by atoms with van der Waals surface area (Å²) >= 11 is 6.31. The summed E-state index contributed by atoms with van der Waals surface area (Å²) in [5.41, 5.74) is 0. The molecule has 0 amide bonds. The smallest absolute Gasteiger partial charge is 0.231 e. The van der Waals surface area contributed by atoms with Crippen molar-refractivity contribution in [2.75, 3.05) is 0 Å². The van der Waals surface area contributed by atoms with Crippen molar-refractivity contribution < 1.29 is 17.6 Å². The van der Waals surface area contributed by atoms with Crippen LogP contribution in [0.2, 0.25) is 0 Å². The third kappa shape index (κ3) is 3.11. The lowest BCUT2D eigenvalue weighted by atomic mass is 10.2. The molecule has 6 heteroatoms. The van der Waals surface area contributed by atoms with E-state index in [1.807, 2.05) is 0 Å². The minimum Gasteiger partial charge on any atom is -0.231 e. The van der Waals surface area contributed by atoms with E-state index in [1.165, 1.54) is 6.92 Å². The molecule has 11 heavy (non-hydrogen) atoms. The Morgan fingerprint density at radius 1 is 1.27 bits per heavy atom. The molecular weight excluding hydrogens is 200 g/mol. The van der Waals surface area contributed by atoms with Gasteiger partial charge in [-0.3, -0.25) is 0 Å². The molecule has 0 fully saturated rings. The molecular formula is C5H8F4S2. The lowest BCUT2D eigenvalue weighted by Crippen LogP contribution is -2.39. The Balaban J connectivity index is 4.35. The molecule has 0 heterocycles. The second kappa shape index (κ2) is 3.43. The lowest BCUT2D eigenvalue weighted by Gasteiger charge is -2.26. The predicted molar refractivity (Wildman–Crippen MR) is 41.9 cm³/mol. The summed E-state index contributed by atoms with van der Waals surface area (Å²) in [6, 6.07) is 0. The van der Waals surface area contributed by atoms with Gasteiger partial charge in [0, 0.05) is 0 Å². The van der Waals surface area contributed by atoms with E-state index in [2.05, 4.69) is 25.3 Å². The fourth-order valence-electron chi connectivity index (χ4n) is 0.444. The van der Waals surface area contributed by atoms with Gasteiger partial charge in [-0.05, 0) is 6.42 Å². The van der Waals surface area contributed by atoms with Crippen molar-refractivity contribution in [3.05, 3.63) is 0 Å². The van der Waals surface area contributed by atoms with E-state index in [4.69, 9.17) is 0 Å². The number of halogens is 4. The van der Waals surface area contributed by atoms with Gasteiger partial charge in [0.05, 0.1) is 0 Å². The van der Waals surface area contributed by atoms with Gasteiger partial charge in [0.25, 0.3) is 0 Å². The fourth-order valence-corrected chi connectivity index (χ4v) is 0.773. The van der Waals surface area contributed by atoms with E-state index in [0.29, 0.717) is 0 Å². The van der Waals surface area contributed by atoms with E-state index >= 15 is 0 Å². The molecule has 0 bridgehead atoms. The van der Waals surface area contributed by atoms with Crippen LogP contribution in [0.15, 0.2) is 0 Å². The summed E-state index contributed by atoms with van der Waals surface area (Å²) in [4.78, 5) is 0. The molecule has 0 aliphatic heterocycles. The normalized spacial score (nSPS) is 21.0. The quantitative estimate of drug-likeness (QED) is 0.506. The van der Waals surface area contributed by atoms with Gasteiger partial charge < -0.3 is 0 Å². The van der Waals surface area contributed by atoms with Gasteiger partial charge in [0.1, 0.15) is 5.25 Å². The Hall–Kier alpha value is 0.420. The van der Waals surface area contributed by atoms with Gasteiger partial charge in [0.15, 0.2) is 5.00 Å². The van der Waals surface area contributed by atoms with Crippen molar-refractivity contribution in [2.24, 2.45) is 0 Å². The standard InChI is InChI=1S/C5H8F4S2/c1-2-4(6,11)3(10)5(7,8)9/h3,10-11H,2H2,1H3. The molecule has 0 aromatic rings. The van der Waals surface area contributed by atoms with Crippen LogP contribution in [0.4, 0.5) is 17.6 Å². The lowest BCUT2D eigenvalue weighted by molar-refractivity contribution is -0.142. The maximum Gasteiger partial charge on any atom is 0.404 e. The first-order valence-electron chi connectivity index (χ1n) is 2.88. The highest BCUT2D eigenvalue weighted by atomic mass is 32.1. The van der Waals surface area contributed by atoms with Crippen molar-refractivity contribution in [1.29, 1.82) is 0 Å². The molecule has 0 radical (unpaired) electrons. The zero-order chi connectivity index (χ0) is 9.28. The first-order valence-corrected chi connectivity index (χ1v) is 3.84. The summed E-state index contributed by atoms with van der Waals surface area (Å²) in [5.74, 6) is 0. The monoisotopic (exact) mass is 208 g/mol. The van der Waals surface area contributed by atoms with E-state index in [-0.39, 0.29) is 6.42 Å². The first-order chi connectivity index (χ1) is 4.72. The van der Waals surface area contributed by atoms with Crippen LogP contribution in [0.25, 0.3) is 0 Å². The third-order valence-corrected chi connectivity index (χ3v) is 2.71. The first kappa shape index (κ1) is 11.4. The molecule has 0 nitrogen and oxygen atoms in total. The second-order valence-electron chi connectivity index (χ2n) is 2.12. The summed E-state index contributed by atoms with van der Waals surface area (Å²) < 4.78 is 48.1. The predicted octanol–water partition coefficient (Wildman–Crippen LogP) is 2.85. The Morgan fingerprint density at radius 3 is 1.73 bits per heavy atom. The maximum absolute atomic E-state index is 12.8. The third-order valence-electron chi connectivity index (χ3n) is 1.22. The molecule has 0 saturated heterocycles. The zero-order valence-electron chi connectivity index (χ0n) is 5.69. The van der Waals surface area contributed by atoms with Crippen LogP contribution in [-0.4, -0.2) is 16.4 Å². The number of alkyl halides is 4. The molecule has 2 atom stereocenters. The second-order valence-corrected chi connectivity index (χ2v) is 3.38. The van der Waals surface area contributed by atoms with Crippen LogP contribution in [-0.2, 0) is 0 Å². The number of thiol groups is 2. The Morgan fingerprint density at radius 2 is 1.64 bits per heavy atom. The highest BCUT2D eigenvalue weighted by Gasteiger charge is 2.49. The number of hydrogen-bond donors (Lipinski definition) is 2. The number of hydrogen-bond acceptors (Lipinski definition) is 2. The molecule has 0 aromatic carbocycles. The molecule has 0 aromatic heterocycles. The average molecular weight is 208 g/mol. The van der Waals surface area contributed by atoms with Gasteiger partial charge in [-0.15, -0.1) is 12.6 Å². The summed E-state index contributed by atoms with van der Waals surface area (Å²) in [6.45, 7) is 1.28. The highest BCUT2D eigenvalue weighted by Crippen LogP contribution is 2.39. The maximum atomic E-state index is 12.8. The van der Waals surface area contributed by atoms with Crippen molar-refractivity contribution in [1.82, 2.24) is 0 Å². The van der Waals surface area contributed by atoms with Crippen LogP contribution in [0.5, 0.6) is 0 Å². The zero-order valence-corrected chi connectivity index (χ0v) is 7.48. The SMILES string of the molecule is CCC(F)(S)C(S)C(F)(F)F. The van der Waals surface area contributed by atoms with Crippen LogP contribution < -0.4 is 0 Å². The van der Waals surface area contributed by atoms with Gasteiger partial charge in [0.2, 0.25) is 0 Å². The molecule has 0 saturated carbocycles. The summed E-state index contributed by atoms with van der Waals surface area (Å²) in [7, 11) is 0. The van der Waals surface area contributed by atoms with Crippen LogP contribution >= 0.6 is 25.3 Å². The van der Waals surface area contributed by atoms with E-state index in [0.717, 1.165) is 0 Å². The Kier molecular flexibility index (Phi) is 3.56. The minimum atomic E-state index is -4.64. The molecule has 0 N–H and O–H groups in total. The molecule has 0 aliphatic carbocycles. The number of rotatable bonds is 2. The van der Waals surface area contributed by atoms with E-state index in [9.17, 15) is 17.6 Å². The Bertz CT molecular complexity index is 131. The molecule has 0 aliphatic rings. The van der Waals surface area contributed by atoms with Crippen LogP contribution in [0.1, 0.15) is 13.3 Å². The van der Waals surface area contributed by atoms with Gasteiger partial charge >= 0.3 is 6.18 Å². The van der Waals surface area contributed by atoms with Gasteiger partial charge in [-0.25, -0.2) is 4.39 Å². The summed E-state index contributed by atoms with van der Waals surface area (Å²) in [6.07, 6.45) is -4.97. The largest absolute Gasteiger partial charge is 0.404 e. The average Bonchev–Trinajstić information content (AvgIpc) is 1.84. The molecule has 68 valence electrons. The summed E-state index contributed by atoms with van der Waals surface area (Å²) in [5, 5.41) is -4.91. The van der Waals surface area contributed by atoms with E-state index in [1.54, 1.807) is 0 Å². The molecule has 0 spiro atoms. The van der Waals surface area contributed by atoms with Crippen LogP contribution in [0.3, 0.4) is 0 Å². The molecule has 0 rings (SSSR count). The van der Waals surface area contributed by atoms with Crippen molar-refractivity contribution in [2.45, 2.75) is 29.8 Å². The van der Waals surface area contributed by atoms with Crippen molar-refractivity contribution in [3.63, 3.8) is 0 Å². The fraction of sp³-hybridized carbons (Fsp3) is 1.00. The van der Waals surface area contributed by atoms with Crippen LogP contribution in [0, 0.1) is 0 Å². The van der Waals surface area contributed by atoms with Gasteiger partial charge in [-0.2, -0.15) is 25.8 Å². The Labute approximate surface area is 73.2 Å². The van der Waals surface area contributed by atoms with E-state index < -0.39 is 16.4 Å². The topological polar surface area (TPSA) is 0 Å². The highest BCUT2D eigenvalue weighted by molar-refractivity contribution is 7.85. The minimum absolute atomic E-state index is 0.330. The van der Waals surface area contributed by atoms with Gasteiger partial charge in [-0.1, -0.05) is 6.92 Å². The molecule has 2 unspecified atom stereocenters.